The van der Waals surface area contributed by atoms with E-state index in [0.717, 1.165) is 4.90 Å². The molecular formula is C14H9FN2O2. The van der Waals surface area contributed by atoms with Crippen LogP contribution in [0.4, 0.5) is 14.9 Å². The Labute approximate surface area is 108 Å². The summed E-state index contributed by atoms with van der Waals surface area (Å²) in [5, 5.41) is 0. The zero-order valence-electron chi connectivity index (χ0n) is 9.79. The number of hydrogen-bond acceptors (Lipinski definition) is 2. The van der Waals surface area contributed by atoms with Gasteiger partial charge in [-0.05, 0) is 30.3 Å². The molecule has 4 nitrogen and oxygen atoms in total. The molecule has 1 atom stereocenters. The Hall–Kier alpha value is -2.56. The summed E-state index contributed by atoms with van der Waals surface area (Å²) in [5.41, 5.74) is 0.762. The van der Waals surface area contributed by atoms with Crippen molar-refractivity contribution in [3.05, 3.63) is 54.4 Å². The molecular weight excluding hydrogens is 247 g/mol. The molecule has 2 aliphatic rings. The van der Waals surface area contributed by atoms with Crippen LogP contribution in [0.25, 0.3) is 0 Å². The highest BCUT2D eigenvalue weighted by Gasteiger charge is 2.36. The molecule has 0 fully saturated rings. The van der Waals surface area contributed by atoms with Gasteiger partial charge < -0.3 is 0 Å². The number of benzene rings is 1. The first-order chi connectivity index (χ1) is 9.16. The van der Waals surface area contributed by atoms with Gasteiger partial charge in [0.15, 0.2) is 0 Å². The molecule has 1 aromatic carbocycles. The van der Waals surface area contributed by atoms with Gasteiger partial charge in [0.05, 0.1) is 17.3 Å². The fourth-order valence-electron chi connectivity index (χ4n) is 2.07. The van der Waals surface area contributed by atoms with E-state index in [0.29, 0.717) is 11.4 Å². The first-order valence-corrected chi connectivity index (χ1v) is 5.74. The second-order valence-electron chi connectivity index (χ2n) is 4.19. The first-order valence-electron chi connectivity index (χ1n) is 5.74. The predicted octanol–water partition coefficient (Wildman–Crippen LogP) is 2.48. The van der Waals surface area contributed by atoms with Crippen molar-refractivity contribution in [2.45, 2.75) is 0 Å². The molecule has 0 aromatic heterocycles. The van der Waals surface area contributed by atoms with E-state index >= 15 is 0 Å². The van der Waals surface area contributed by atoms with Crippen LogP contribution >= 0.6 is 0 Å². The number of nitrogens with zero attached hydrogens (tertiary/aromatic N) is 2. The molecule has 1 aliphatic carbocycles. The highest BCUT2D eigenvalue weighted by Crippen LogP contribution is 2.25. The Bertz CT molecular complexity index is 644. The number of rotatable bonds is 1. The van der Waals surface area contributed by atoms with Crippen molar-refractivity contribution >= 4 is 23.3 Å². The molecule has 1 heterocycles. The lowest BCUT2D eigenvalue weighted by Gasteiger charge is -2.28. The van der Waals surface area contributed by atoms with E-state index in [1.807, 2.05) is 0 Å². The van der Waals surface area contributed by atoms with Crippen LogP contribution in [0.5, 0.6) is 0 Å². The molecule has 1 unspecified atom stereocenters. The summed E-state index contributed by atoms with van der Waals surface area (Å²) in [6.45, 7) is 0. The zero-order chi connectivity index (χ0) is 13.4. The minimum Gasteiger partial charge on any atom is -0.273 e. The summed E-state index contributed by atoms with van der Waals surface area (Å²) in [4.78, 5) is 29.1. The molecule has 94 valence electrons. The number of imide groups is 1. The van der Waals surface area contributed by atoms with Gasteiger partial charge in [0.1, 0.15) is 5.82 Å². The van der Waals surface area contributed by atoms with Crippen molar-refractivity contribution < 1.29 is 14.0 Å². The third kappa shape index (κ3) is 1.89. The van der Waals surface area contributed by atoms with Crippen LogP contribution in [-0.2, 0) is 4.79 Å². The average molecular weight is 256 g/mol. The van der Waals surface area contributed by atoms with Gasteiger partial charge in [-0.3, -0.25) is 4.79 Å². The summed E-state index contributed by atoms with van der Waals surface area (Å²) in [6, 6.07) is 4.52. The number of amides is 3. The number of urea groups is 1. The van der Waals surface area contributed by atoms with Crippen LogP contribution in [-0.4, -0.2) is 17.6 Å². The Morgan fingerprint density at radius 2 is 1.84 bits per heavy atom. The summed E-state index contributed by atoms with van der Waals surface area (Å²) in [6.07, 6.45) is 6.79. The second kappa shape index (κ2) is 4.28. The van der Waals surface area contributed by atoms with Gasteiger partial charge in [0.25, 0.3) is 0 Å². The van der Waals surface area contributed by atoms with Crippen LogP contribution in [0.1, 0.15) is 0 Å². The molecule has 0 bridgehead atoms. The molecule has 0 spiro atoms. The molecule has 0 saturated heterocycles. The quantitative estimate of drug-likeness (QED) is 0.775. The lowest BCUT2D eigenvalue weighted by Crippen LogP contribution is -2.46. The number of anilines is 1. The lowest BCUT2D eigenvalue weighted by atomic mass is 9.95. The molecule has 3 rings (SSSR count). The summed E-state index contributed by atoms with van der Waals surface area (Å²) >= 11 is 0. The lowest BCUT2D eigenvalue weighted by molar-refractivity contribution is -0.118. The molecule has 0 radical (unpaired) electrons. The predicted molar refractivity (Wildman–Crippen MR) is 68.5 cm³/mol. The number of carbonyl (C=O) groups is 2. The number of allylic oxidation sites excluding steroid dienone is 3. The van der Waals surface area contributed by atoms with E-state index in [1.165, 1.54) is 24.3 Å². The smallest absolute Gasteiger partial charge is 0.273 e. The van der Waals surface area contributed by atoms with Crippen LogP contribution < -0.4 is 4.90 Å². The Kier molecular flexibility index (Phi) is 2.59. The second-order valence-corrected chi connectivity index (χ2v) is 4.19. The van der Waals surface area contributed by atoms with Gasteiger partial charge in [0, 0.05) is 0 Å². The monoisotopic (exact) mass is 256 g/mol. The summed E-state index contributed by atoms with van der Waals surface area (Å²) in [7, 11) is 0. The standard InChI is InChI=1S/C14H9FN2O2/c15-9-5-7-10(8-6-9)17-13(18)11-3-1-2-4-12(11)16-14(17)19/h1-8,11H. The summed E-state index contributed by atoms with van der Waals surface area (Å²) < 4.78 is 12.9. The maximum absolute atomic E-state index is 12.9. The van der Waals surface area contributed by atoms with Crippen molar-refractivity contribution in [1.82, 2.24) is 0 Å². The van der Waals surface area contributed by atoms with Crippen LogP contribution in [0, 0.1) is 11.7 Å². The number of hydrogen-bond donors (Lipinski definition) is 0. The van der Waals surface area contributed by atoms with E-state index < -0.39 is 17.8 Å². The normalized spacial score (nSPS) is 21.4. The Morgan fingerprint density at radius 3 is 2.58 bits per heavy atom. The van der Waals surface area contributed by atoms with Gasteiger partial charge >= 0.3 is 6.03 Å². The number of aliphatic imine (C=N–C) groups is 1. The maximum Gasteiger partial charge on any atom is 0.355 e. The molecule has 0 N–H and O–H groups in total. The molecule has 19 heavy (non-hydrogen) atoms. The highest BCUT2D eigenvalue weighted by atomic mass is 19.1. The van der Waals surface area contributed by atoms with Gasteiger partial charge in [0.2, 0.25) is 5.91 Å². The van der Waals surface area contributed by atoms with Crippen molar-refractivity contribution in [2.24, 2.45) is 10.9 Å². The van der Waals surface area contributed by atoms with E-state index in [2.05, 4.69) is 4.99 Å². The van der Waals surface area contributed by atoms with Crippen molar-refractivity contribution in [3.63, 3.8) is 0 Å². The minimum atomic E-state index is -0.650. The van der Waals surface area contributed by atoms with Gasteiger partial charge in [-0.25, -0.2) is 14.1 Å². The van der Waals surface area contributed by atoms with E-state index in [-0.39, 0.29) is 5.91 Å². The van der Waals surface area contributed by atoms with E-state index in [9.17, 15) is 14.0 Å². The maximum atomic E-state index is 12.9. The average Bonchev–Trinajstić information content (AvgIpc) is 2.41. The fraction of sp³-hybridized carbons (Fsp3) is 0.0714. The SMILES string of the molecule is O=C1N=C2C=CC=CC2C(=O)N1c1ccc(F)cc1. The minimum absolute atomic E-state index is 0.321. The molecule has 3 amide bonds. The van der Waals surface area contributed by atoms with Gasteiger partial charge in [-0.2, -0.15) is 4.99 Å². The molecule has 0 saturated carbocycles. The zero-order valence-corrected chi connectivity index (χ0v) is 9.79. The Balaban J connectivity index is 2.03. The van der Waals surface area contributed by atoms with Crippen molar-refractivity contribution in [1.29, 1.82) is 0 Å². The van der Waals surface area contributed by atoms with Gasteiger partial charge in [-0.15, -0.1) is 0 Å². The largest absolute Gasteiger partial charge is 0.355 e. The third-order valence-electron chi connectivity index (χ3n) is 2.99. The summed E-state index contributed by atoms with van der Waals surface area (Å²) in [5.74, 6) is -1.35. The van der Waals surface area contributed by atoms with E-state index in [1.54, 1.807) is 24.3 Å². The topological polar surface area (TPSA) is 49.7 Å². The first kappa shape index (κ1) is 11.5. The fourth-order valence-corrected chi connectivity index (χ4v) is 2.07. The number of fused-ring (bicyclic) bond motifs is 1. The van der Waals surface area contributed by atoms with Crippen molar-refractivity contribution in [2.75, 3.05) is 4.90 Å². The van der Waals surface area contributed by atoms with Crippen molar-refractivity contribution in [3.8, 4) is 0 Å². The van der Waals surface area contributed by atoms with E-state index in [4.69, 9.17) is 0 Å². The van der Waals surface area contributed by atoms with Crippen LogP contribution in [0.15, 0.2) is 53.6 Å². The Morgan fingerprint density at radius 1 is 1.11 bits per heavy atom. The van der Waals surface area contributed by atoms with Crippen LogP contribution in [0.3, 0.4) is 0 Å². The third-order valence-corrected chi connectivity index (χ3v) is 2.99. The molecule has 1 aliphatic heterocycles. The molecule has 5 heteroatoms. The number of halogens is 1. The highest BCUT2D eigenvalue weighted by molar-refractivity contribution is 6.30. The van der Waals surface area contributed by atoms with Gasteiger partial charge in [-0.1, -0.05) is 18.2 Å². The molecule has 1 aromatic rings. The van der Waals surface area contributed by atoms with Crippen LogP contribution in [0.2, 0.25) is 0 Å². The number of carbonyl (C=O) groups excluding carboxylic acids is 2.